The first kappa shape index (κ1) is 102. The van der Waals surface area contributed by atoms with Crippen LogP contribution in [0.1, 0.15) is 0 Å². The molecule has 0 aliphatic carbocycles. The second kappa shape index (κ2) is 3360. The predicted molar refractivity (Wildman–Crippen MR) is 17.4 cm³/mol. The third-order valence-corrected chi connectivity index (χ3v) is 0. The van der Waals surface area contributed by atoms with Crippen molar-refractivity contribution in [3.8, 4) is 0 Å². The average molecular weight is 271 g/mol. The van der Waals surface area contributed by atoms with Crippen molar-refractivity contribution >= 4 is 0 Å². The van der Waals surface area contributed by atoms with Crippen LogP contribution in [-0.2, 0) is 40.8 Å². The van der Waals surface area contributed by atoms with Crippen molar-refractivity contribution in [2.75, 3.05) is 0 Å². The van der Waals surface area contributed by atoms with Crippen LogP contribution in [0.15, 0.2) is 0 Å². The molecule has 0 heterocycles. The molecule has 0 aromatic rings. The van der Waals surface area contributed by atoms with Gasteiger partial charge in [0.15, 0.2) is 0 Å². The van der Waals surface area contributed by atoms with E-state index in [1.54, 1.807) is 0 Å². The third-order valence-electron chi connectivity index (χ3n) is 0. The van der Waals surface area contributed by atoms with Crippen molar-refractivity contribution in [1.82, 2.24) is 0 Å². The van der Waals surface area contributed by atoms with Gasteiger partial charge in [-0.3, -0.25) is 18.8 Å². The van der Waals surface area contributed by atoms with Gasteiger partial charge in [0.25, 0.3) is 0 Å². The maximum atomic E-state index is 8.50. The molecule has 2 N–H and O–H groups in total. The zero-order valence-electron chi connectivity index (χ0n) is 4.57. The molecular weight excluding hydrogens is 265 g/mol. The molecule has 0 saturated heterocycles. The van der Waals surface area contributed by atoms with Gasteiger partial charge in [-0.2, -0.15) is 0 Å². The van der Waals surface area contributed by atoms with Crippen LogP contribution >= 0.6 is 0 Å². The molecule has 0 fully saturated rings. The molecule has 0 atom stereocenters. The minimum atomic E-state index is 0. The van der Waals surface area contributed by atoms with Gasteiger partial charge in [-0.1, -0.05) is 9.05 Å². The summed E-state index contributed by atoms with van der Waals surface area (Å²) in [5.41, 5.74) is 0. The van der Waals surface area contributed by atoms with E-state index < -0.39 is 0 Å². The number of hydrogen-bond donors (Lipinski definition) is 2. The van der Waals surface area contributed by atoms with E-state index in [-0.39, 0.29) is 35.9 Å². The minimum absolute atomic E-state index is 0. The SMILES string of the molecule is F.F.F.F.OF.OF.[Mn].[O]=[Ti]. The molecule has 0 aliphatic heterocycles. The molecule has 3 nitrogen and oxygen atoms in total. The molecule has 0 unspecified atom stereocenters. The summed E-state index contributed by atoms with van der Waals surface area (Å²) in [5, 5.41) is 11.0. The van der Waals surface area contributed by atoms with Crippen LogP contribution in [0.4, 0.5) is 27.9 Å². The zero-order chi connectivity index (χ0) is 6.00. The monoisotopic (exact) mass is 271 g/mol. The standard InChI is InChI=1S/2FHO.4FH.Mn.O.Ti/c2*1-2;;;;;;;/h2*2H;4*1H;;;. The quantitative estimate of drug-likeness (QED) is 0.489. The van der Waals surface area contributed by atoms with Crippen molar-refractivity contribution < 1.29 is 79.3 Å². The van der Waals surface area contributed by atoms with Gasteiger partial charge >= 0.3 is 23.7 Å². The van der Waals surface area contributed by atoms with Crippen LogP contribution in [0.2, 0.25) is 0 Å². The van der Waals surface area contributed by atoms with E-state index in [0.717, 1.165) is 20.4 Å². The summed E-state index contributed by atoms with van der Waals surface area (Å²) in [5.74, 6) is 0. The average Bonchev–Trinajstić information content (AvgIpc) is 1.81. The van der Waals surface area contributed by atoms with Gasteiger partial charge in [0.05, 0.1) is 0 Å². The summed E-state index contributed by atoms with van der Waals surface area (Å²) in [4.78, 5) is 0. The molecule has 77 valence electrons. The topological polar surface area (TPSA) is 57.5 Å². The van der Waals surface area contributed by atoms with E-state index in [4.69, 9.17) is 23.0 Å². The Morgan fingerprint density at radius 1 is 0.727 bits per heavy atom. The Balaban J connectivity index is -0.00000000167. The fourth-order valence-electron chi connectivity index (χ4n) is 0. The van der Waals surface area contributed by atoms with Crippen LogP contribution < -0.4 is 0 Å². The molecule has 0 rings (SSSR count). The molecule has 0 aliphatic rings. The Bertz CT molecular complexity index is 17.8. The van der Waals surface area contributed by atoms with Crippen LogP contribution in [-0.4, -0.2) is 10.6 Å². The van der Waals surface area contributed by atoms with Gasteiger partial charge in [0.1, 0.15) is 0 Å². The molecule has 0 bridgehead atoms. The van der Waals surface area contributed by atoms with Gasteiger partial charge in [0.2, 0.25) is 0 Å². The van der Waals surface area contributed by atoms with Crippen LogP contribution in [0.5, 0.6) is 0 Å². The molecule has 0 spiro atoms. The van der Waals surface area contributed by atoms with Gasteiger partial charge in [0, 0.05) is 17.1 Å². The number of hydrogen-bond acceptors (Lipinski definition) is 3. The first-order chi connectivity index (χ1) is 3.00. The summed E-state index contributed by atoms with van der Waals surface area (Å²) in [6.45, 7) is 0. The zero-order valence-corrected chi connectivity index (χ0v) is 7.31. The molecular formula is H6F6MnO3Ti. The van der Waals surface area contributed by atoms with Gasteiger partial charge in [-0.05, 0) is 0 Å². The van der Waals surface area contributed by atoms with Crippen LogP contribution in [0.3, 0.4) is 0 Å². The Hall–Kier alpha value is 0.534. The van der Waals surface area contributed by atoms with E-state index in [2.05, 4.69) is 0 Å². The number of rotatable bonds is 0. The third kappa shape index (κ3) is 2690. The van der Waals surface area contributed by atoms with E-state index in [1.807, 2.05) is 0 Å². The van der Waals surface area contributed by atoms with E-state index >= 15 is 0 Å². The first-order valence-corrected chi connectivity index (χ1v) is 1.18. The molecule has 11 heavy (non-hydrogen) atoms. The van der Waals surface area contributed by atoms with Gasteiger partial charge < -0.3 is 0 Å². The first-order valence-electron chi connectivity index (χ1n) is 0.542. The van der Waals surface area contributed by atoms with Crippen molar-refractivity contribution in [2.24, 2.45) is 0 Å². The van der Waals surface area contributed by atoms with Gasteiger partial charge in [-0.25, -0.2) is 10.6 Å². The molecule has 0 aromatic heterocycles. The summed E-state index contributed by atoms with van der Waals surface area (Å²) in [7, 11) is 0. The molecule has 11 heteroatoms. The molecule has 1 radical (unpaired) electrons. The second-order valence-corrected chi connectivity index (χ2v) is 0. The molecule has 0 amide bonds. The summed E-state index contributed by atoms with van der Waals surface area (Å²) in [6, 6.07) is 0. The van der Waals surface area contributed by atoms with E-state index in [9.17, 15) is 0 Å². The molecule has 0 aromatic carbocycles. The summed E-state index contributed by atoms with van der Waals surface area (Å²) >= 11 is 0.750. The van der Waals surface area contributed by atoms with E-state index in [1.165, 1.54) is 0 Å². The van der Waals surface area contributed by atoms with E-state index in [0.29, 0.717) is 0 Å². The Morgan fingerprint density at radius 2 is 0.727 bits per heavy atom. The predicted octanol–water partition coefficient (Wildman–Crippen LogP) is 0.213. The Kier molecular flexibility index (Phi) is 31300. The number of halogens is 6. The Labute approximate surface area is 79.6 Å². The van der Waals surface area contributed by atoms with Crippen molar-refractivity contribution in [2.45, 2.75) is 0 Å². The van der Waals surface area contributed by atoms with Crippen LogP contribution in [0.25, 0.3) is 0 Å². The van der Waals surface area contributed by atoms with Crippen molar-refractivity contribution in [3.63, 3.8) is 0 Å². The second-order valence-electron chi connectivity index (χ2n) is 0. The van der Waals surface area contributed by atoms with Gasteiger partial charge in [-0.15, -0.1) is 0 Å². The molecule has 0 saturated carbocycles. The fourth-order valence-corrected chi connectivity index (χ4v) is 0. The van der Waals surface area contributed by atoms with Crippen molar-refractivity contribution in [3.05, 3.63) is 0 Å². The Morgan fingerprint density at radius 3 is 0.727 bits per heavy atom. The van der Waals surface area contributed by atoms with Crippen LogP contribution in [0, 0.1) is 0 Å². The normalized spacial score (nSPS) is 1.36. The summed E-state index contributed by atoms with van der Waals surface area (Å²) in [6.07, 6.45) is 0. The fraction of sp³-hybridized carbons (Fsp3) is 0. The van der Waals surface area contributed by atoms with Crippen molar-refractivity contribution in [1.29, 1.82) is 0 Å². The maximum absolute atomic E-state index is 8.50. The summed E-state index contributed by atoms with van der Waals surface area (Å²) < 4.78 is 25.2.